The molecule has 1 aromatic carbocycles. The zero-order chi connectivity index (χ0) is 12.1. The fourth-order valence-electron chi connectivity index (χ4n) is 1.65. The molecular weight excluding hydrogens is 212 g/mol. The van der Waals surface area contributed by atoms with E-state index in [1.54, 1.807) is 24.5 Å². The maximum absolute atomic E-state index is 12.1. The number of carbonyl (C=O) groups is 1. The van der Waals surface area contributed by atoms with Crippen molar-refractivity contribution in [3.05, 3.63) is 65.5 Å². The van der Waals surface area contributed by atoms with E-state index < -0.39 is 0 Å². The molecule has 0 radical (unpaired) electrons. The summed E-state index contributed by atoms with van der Waals surface area (Å²) < 4.78 is 0. The van der Waals surface area contributed by atoms with Crippen molar-refractivity contribution in [1.29, 1.82) is 0 Å². The number of pyridine rings is 1. The summed E-state index contributed by atoms with van der Waals surface area (Å²) in [5.74, 6) is 0.0309. The number of hydrogen-bond donors (Lipinski definition) is 1. The van der Waals surface area contributed by atoms with E-state index in [0.717, 1.165) is 6.54 Å². The number of benzene rings is 1. The SMILES string of the molecule is CNCc1ccc(C(=O)c2ccncc2)cc1. The average Bonchev–Trinajstić information content (AvgIpc) is 2.40. The molecule has 86 valence electrons. The third-order valence-electron chi connectivity index (χ3n) is 2.54. The molecule has 1 heterocycles. The molecule has 2 rings (SSSR count). The largest absolute Gasteiger partial charge is 0.316 e. The van der Waals surface area contributed by atoms with Crippen molar-refractivity contribution in [2.45, 2.75) is 6.54 Å². The van der Waals surface area contributed by atoms with Gasteiger partial charge in [-0.15, -0.1) is 0 Å². The molecule has 0 aliphatic heterocycles. The second-order valence-corrected chi connectivity index (χ2v) is 3.79. The number of nitrogens with one attached hydrogen (secondary N) is 1. The van der Waals surface area contributed by atoms with E-state index in [1.807, 2.05) is 31.3 Å². The van der Waals surface area contributed by atoms with E-state index in [1.165, 1.54) is 5.56 Å². The molecule has 0 bridgehead atoms. The Bertz CT molecular complexity index is 491. The van der Waals surface area contributed by atoms with Gasteiger partial charge in [0.1, 0.15) is 0 Å². The predicted molar refractivity (Wildman–Crippen MR) is 66.9 cm³/mol. The van der Waals surface area contributed by atoms with Gasteiger partial charge in [0.05, 0.1) is 0 Å². The first-order valence-electron chi connectivity index (χ1n) is 5.49. The lowest BCUT2D eigenvalue weighted by atomic mass is 10.0. The van der Waals surface area contributed by atoms with Gasteiger partial charge in [-0.1, -0.05) is 24.3 Å². The summed E-state index contributed by atoms with van der Waals surface area (Å²) in [5.41, 5.74) is 2.54. The van der Waals surface area contributed by atoms with Crippen molar-refractivity contribution in [3.8, 4) is 0 Å². The second kappa shape index (κ2) is 5.37. The Balaban J connectivity index is 2.20. The van der Waals surface area contributed by atoms with E-state index in [4.69, 9.17) is 0 Å². The van der Waals surface area contributed by atoms with Crippen LogP contribution in [0.5, 0.6) is 0 Å². The van der Waals surface area contributed by atoms with Crippen molar-refractivity contribution in [3.63, 3.8) is 0 Å². The van der Waals surface area contributed by atoms with Crippen molar-refractivity contribution < 1.29 is 4.79 Å². The monoisotopic (exact) mass is 226 g/mol. The van der Waals surface area contributed by atoms with E-state index in [0.29, 0.717) is 11.1 Å². The summed E-state index contributed by atoms with van der Waals surface area (Å²) in [7, 11) is 1.90. The Kier molecular flexibility index (Phi) is 3.62. The van der Waals surface area contributed by atoms with Gasteiger partial charge in [0.2, 0.25) is 0 Å². The Hall–Kier alpha value is -2.00. The molecule has 1 aromatic heterocycles. The van der Waals surface area contributed by atoms with Crippen molar-refractivity contribution >= 4 is 5.78 Å². The molecule has 0 atom stereocenters. The molecule has 0 unspecified atom stereocenters. The Morgan fingerprint density at radius 3 is 2.24 bits per heavy atom. The summed E-state index contributed by atoms with van der Waals surface area (Å²) in [4.78, 5) is 16.0. The minimum Gasteiger partial charge on any atom is -0.316 e. The molecule has 0 aliphatic carbocycles. The maximum Gasteiger partial charge on any atom is 0.193 e. The summed E-state index contributed by atoms with van der Waals surface area (Å²) >= 11 is 0. The second-order valence-electron chi connectivity index (χ2n) is 3.79. The molecule has 3 heteroatoms. The van der Waals surface area contributed by atoms with Crippen LogP contribution in [0.3, 0.4) is 0 Å². The van der Waals surface area contributed by atoms with Gasteiger partial charge in [-0.3, -0.25) is 9.78 Å². The van der Waals surface area contributed by atoms with Crippen LogP contribution in [0.2, 0.25) is 0 Å². The van der Waals surface area contributed by atoms with Crippen LogP contribution >= 0.6 is 0 Å². The molecule has 0 fully saturated rings. The fourth-order valence-corrected chi connectivity index (χ4v) is 1.65. The molecule has 1 N–H and O–H groups in total. The Morgan fingerprint density at radius 1 is 1.06 bits per heavy atom. The van der Waals surface area contributed by atoms with Gasteiger partial charge in [-0.25, -0.2) is 0 Å². The van der Waals surface area contributed by atoms with Crippen molar-refractivity contribution in [2.24, 2.45) is 0 Å². The number of aromatic nitrogens is 1. The number of rotatable bonds is 4. The van der Waals surface area contributed by atoms with Crippen LogP contribution in [0, 0.1) is 0 Å². The highest BCUT2D eigenvalue weighted by molar-refractivity contribution is 6.08. The van der Waals surface area contributed by atoms with Crippen LogP contribution in [-0.4, -0.2) is 17.8 Å². The third-order valence-corrected chi connectivity index (χ3v) is 2.54. The first-order chi connectivity index (χ1) is 8.31. The highest BCUT2D eigenvalue weighted by Crippen LogP contribution is 2.10. The number of carbonyl (C=O) groups excluding carboxylic acids is 1. The molecule has 0 aliphatic rings. The first-order valence-corrected chi connectivity index (χ1v) is 5.49. The van der Waals surface area contributed by atoms with Crippen LogP contribution in [0.4, 0.5) is 0 Å². The zero-order valence-electron chi connectivity index (χ0n) is 9.68. The summed E-state index contributed by atoms with van der Waals surface area (Å²) in [6.45, 7) is 0.809. The Labute approximate surface area is 101 Å². The summed E-state index contributed by atoms with van der Waals surface area (Å²) in [6, 6.07) is 11.1. The van der Waals surface area contributed by atoms with Gasteiger partial charge < -0.3 is 5.32 Å². The van der Waals surface area contributed by atoms with Crippen LogP contribution < -0.4 is 5.32 Å². The van der Waals surface area contributed by atoms with E-state index >= 15 is 0 Å². The average molecular weight is 226 g/mol. The van der Waals surface area contributed by atoms with Gasteiger partial charge in [-0.2, -0.15) is 0 Å². The number of ketones is 1. The quantitative estimate of drug-likeness (QED) is 0.811. The number of hydrogen-bond acceptors (Lipinski definition) is 3. The van der Waals surface area contributed by atoms with Crippen molar-refractivity contribution in [2.75, 3.05) is 7.05 Å². The molecular formula is C14H14N2O. The van der Waals surface area contributed by atoms with Gasteiger partial charge in [0, 0.05) is 30.1 Å². The van der Waals surface area contributed by atoms with E-state index in [9.17, 15) is 4.79 Å². The predicted octanol–water partition coefficient (Wildman–Crippen LogP) is 2.03. The summed E-state index contributed by atoms with van der Waals surface area (Å²) in [6.07, 6.45) is 3.26. The van der Waals surface area contributed by atoms with E-state index in [-0.39, 0.29) is 5.78 Å². The number of nitrogens with zero attached hydrogens (tertiary/aromatic N) is 1. The van der Waals surface area contributed by atoms with Crippen LogP contribution in [0.25, 0.3) is 0 Å². The lowest BCUT2D eigenvalue weighted by Crippen LogP contribution is -2.06. The maximum atomic E-state index is 12.1. The van der Waals surface area contributed by atoms with Crippen molar-refractivity contribution in [1.82, 2.24) is 10.3 Å². The molecule has 3 nitrogen and oxygen atoms in total. The molecule has 0 saturated carbocycles. The lowest BCUT2D eigenvalue weighted by Gasteiger charge is -2.03. The smallest absolute Gasteiger partial charge is 0.193 e. The zero-order valence-corrected chi connectivity index (χ0v) is 9.68. The molecule has 2 aromatic rings. The summed E-state index contributed by atoms with van der Waals surface area (Å²) in [5, 5.41) is 3.07. The van der Waals surface area contributed by atoms with E-state index in [2.05, 4.69) is 10.3 Å². The highest BCUT2D eigenvalue weighted by atomic mass is 16.1. The Morgan fingerprint density at radius 2 is 1.65 bits per heavy atom. The van der Waals surface area contributed by atoms with Crippen LogP contribution in [0.1, 0.15) is 21.5 Å². The van der Waals surface area contributed by atoms with Gasteiger partial charge in [0.25, 0.3) is 0 Å². The van der Waals surface area contributed by atoms with Gasteiger partial charge in [-0.05, 0) is 24.7 Å². The van der Waals surface area contributed by atoms with Gasteiger partial charge in [0.15, 0.2) is 5.78 Å². The highest BCUT2D eigenvalue weighted by Gasteiger charge is 2.07. The van der Waals surface area contributed by atoms with Gasteiger partial charge >= 0.3 is 0 Å². The molecule has 0 amide bonds. The topological polar surface area (TPSA) is 42.0 Å². The normalized spacial score (nSPS) is 10.2. The third kappa shape index (κ3) is 2.77. The van der Waals surface area contributed by atoms with Crippen LogP contribution in [-0.2, 0) is 6.54 Å². The van der Waals surface area contributed by atoms with Crippen LogP contribution in [0.15, 0.2) is 48.8 Å². The first kappa shape index (κ1) is 11.5. The molecule has 17 heavy (non-hydrogen) atoms. The molecule has 0 spiro atoms. The molecule has 0 saturated heterocycles. The standard InChI is InChI=1S/C14H14N2O/c1-15-10-11-2-4-12(5-3-11)14(17)13-6-8-16-9-7-13/h2-9,15H,10H2,1H3. The fraction of sp³-hybridized carbons (Fsp3) is 0.143. The minimum absolute atomic E-state index is 0.0309. The minimum atomic E-state index is 0.0309. The lowest BCUT2D eigenvalue weighted by molar-refractivity contribution is 0.103.